The minimum atomic E-state index is 0.689. The van der Waals surface area contributed by atoms with E-state index in [4.69, 9.17) is 0 Å². The van der Waals surface area contributed by atoms with Crippen LogP contribution < -0.4 is 5.32 Å². The molecule has 1 rings (SSSR count). The van der Waals surface area contributed by atoms with Crippen LogP contribution in [0.4, 0.5) is 0 Å². The molecule has 114 valence electrons. The summed E-state index contributed by atoms with van der Waals surface area (Å²) in [5.74, 6) is 0. The molecule has 0 aromatic rings. The van der Waals surface area contributed by atoms with Gasteiger partial charge in [0.25, 0.3) is 0 Å². The molecule has 0 aromatic carbocycles. The van der Waals surface area contributed by atoms with E-state index < -0.39 is 0 Å². The first-order valence-corrected chi connectivity index (χ1v) is 8.36. The van der Waals surface area contributed by atoms with Crippen LogP contribution in [0.3, 0.4) is 0 Å². The molecule has 0 saturated carbocycles. The lowest BCUT2D eigenvalue weighted by Gasteiger charge is -2.32. The van der Waals surface area contributed by atoms with Crippen LogP contribution >= 0.6 is 0 Å². The normalized spacial score (nSPS) is 19.7. The number of nitrogens with one attached hydrogen (secondary N) is 1. The largest absolute Gasteiger partial charge is 0.313 e. The predicted octanol–water partition coefficient (Wildman–Crippen LogP) is 2.57. The number of likely N-dealkylation sites (N-methyl/N-ethyl adjacent to an activating group) is 1. The molecule has 1 heterocycles. The van der Waals surface area contributed by atoms with Crippen LogP contribution in [-0.2, 0) is 0 Å². The van der Waals surface area contributed by atoms with Gasteiger partial charge in [-0.25, -0.2) is 0 Å². The van der Waals surface area contributed by atoms with Crippen molar-refractivity contribution < 1.29 is 0 Å². The van der Waals surface area contributed by atoms with Crippen molar-refractivity contribution in [2.24, 2.45) is 0 Å². The Balaban J connectivity index is 1.90. The number of unbranched alkanes of at least 4 members (excludes halogenated alkanes) is 4. The maximum atomic E-state index is 3.68. The van der Waals surface area contributed by atoms with Gasteiger partial charge < -0.3 is 10.2 Å². The lowest BCUT2D eigenvalue weighted by Crippen LogP contribution is -2.47. The Kier molecular flexibility index (Phi) is 9.48. The first-order valence-electron chi connectivity index (χ1n) is 8.36. The minimum Gasteiger partial charge on any atom is -0.313 e. The Morgan fingerprint density at radius 2 is 1.68 bits per heavy atom. The monoisotopic (exact) mass is 269 g/mol. The van der Waals surface area contributed by atoms with Crippen molar-refractivity contribution in [2.75, 3.05) is 46.3 Å². The van der Waals surface area contributed by atoms with Crippen LogP contribution in [0.5, 0.6) is 0 Å². The average molecular weight is 269 g/mol. The molecule has 1 fully saturated rings. The van der Waals surface area contributed by atoms with Gasteiger partial charge in [-0.3, -0.25) is 4.90 Å². The van der Waals surface area contributed by atoms with Crippen molar-refractivity contribution in [2.45, 2.75) is 58.4 Å². The second-order valence-electron chi connectivity index (χ2n) is 6.20. The van der Waals surface area contributed by atoms with E-state index in [0.717, 1.165) is 6.54 Å². The lowest BCUT2D eigenvalue weighted by molar-refractivity contribution is 0.153. The van der Waals surface area contributed by atoms with Gasteiger partial charge >= 0.3 is 0 Å². The SMILES string of the molecule is CCCCCCCC(C)NCCN1CCN(C)CC1. The molecule has 1 N–H and O–H groups in total. The van der Waals surface area contributed by atoms with Crippen molar-refractivity contribution in [3.05, 3.63) is 0 Å². The maximum Gasteiger partial charge on any atom is 0.0110 e. The maximum absolute atomic E-state index is 3.68. The van der Waals surface area contributed by atoms with Crippen molar-refractivity contribution in [3.63, 3.8) is 0 Å². The number of piperazine rings is 1. The molecule has 1 unspecified atom stereocenters. The fourth-order valence-corrected chi connectivity index (χ4v) is 2.70. The fraction of sp³-hybridized carbons (Fsp3) is 1.00. The van der Waals surface area contributed by atoms with E-state index in [1.165, 1.54) is 71.2 Å². The van der Waals surface area contributed by atoms with E-state index in [-0.39, 0.29) is 0 Å². The van der Waals surface area contributed by atoms with Gasteiger partial charge in [-0.15, -0.1) is 0 Å². The van der Waals surface area contributed by atoms with E-state index in [2.05, 4.69) is 36.0 Å². The summed E-state index contributed by atoms with van der Waals surface area (Å²) in [6.45, 7) is 11.9. The highest BCUT2D eigenvalue weighted by Gasteiger charge is 2.13. The molecule has 1 aliphatic rings. The highest BCUT2D eigenvalue weighted by atomic mass is 15.2. The summed E-state index contributed by atoms with van der Waals surface area (Å²) in [6.07, 6.45) is 8.32. The number of hydrogen-bond acceptors (Lipinski definition) is 3. The number of nitrogens with zero attached hydrogens (tertiary/aromatic N) is 2. The second-order valence-corrected chi connectivity index (χ2v) is 6.20. The number of hydrogen-bond donors (Lipinski definition) is 1. The first-order chi connectivity index (χ1) is 9.22. The van der Waals surface area contributed by atoms with Crippen molar-refractivity contribution in [1.29, 1.82) is 0 Å². The van der Waals surface area contributed by atoms with E-state index in [0.29, 0.717) is 6.04 Å². The van der Waals surface area contributed by atoms with E-state index >= 15 is 0 Å². The molecule has 1 aliphatic heterocycles. The van der Waals surface area contributed by atoms with Gasteiger partial charge in [0.15, 0.2) is 0 Å². The van der Waals surface area contributed by atoms with Crippen LogP contribution in [0.1, 0.15) is 52.4 Å². The molecule has 3 heteroatoms. The smallest absolute Gasteiger partial charge is 0.0110 e. The highest BCUT2D eigenvalue weighted by molar-refractivity contribution is 4.71. The van der Waals surface area contributed by atoms with Gasteiger partial charge in [0.1, 0.15) is 0 Å². The van der Waals surface area contributed by atoms with Crippen molar-refractivity contribution >= 4 is 0 Å². The third-order valence-corrected chi connectivity index (χ3v) is 4.26. The van der Waals surface area contributed by atoms with Crippen LogP contribution in [0, 0.1) is 0 Å². The summed E-state index contributed by atoms with van der Waals surface area (Å²) in [4.78, 5) is 5.00. The Morgan fingerprint density at radius 1 is 1.00 bits per heavy atom. The van der Waals surface area contributed by atoms with Gasteiger partial charge in [0.2, 0.25) is 0 Å². The third kappa shape index (κ3) is 8.61. The quantitative estimate of drug-likeness (QED) is 0.615. The molecule has 1 atom stereocenters. The van der Waals surface area contributed by atoms with Crippen LogP contribution in [0.15, 0.2) is 0 Å². The predicted molar refractivity (Wildman–Crippen MR) is 84.8 cm³/mol. The third-order valence-electron chi connectivity index (χ3n) is 4.26. The molecule has 0 aliphatic carbocycles. The zero-order valence-corrected chi connectivity index (χ0v) is 13.5. The Hall–Kier alpha value is -0.120. The van der Waals surface area contributed by atoms with Gasteiger partial charge in [-0.2, -0.15) is 0 Å². The summed E-state index contributed by atoms with van der Waals surface area (Å²) in [5.41, 5.74) is 0. The molecule has 0 aromatic heterocycles. The summed E-state index contributed by atoms with van der Waals surface area (Å²) >= 11 is 0. The van der Waals surface area contributed by atoms with E-state index in [1.807, 2.05) is 0 Å². The summed E-state index contributed by atoms with van der Waals surface area (Å²) in [6, 6.07) is 0.689. The second kappa shape index (κ2) is 10.6. The minimum absolute atomic E-state index is 0.689. The summed E-state index contributed by atoms with van der Waals surface area (Å²) < 4.78 is 0. The average Bonchev–Trinajstić information content (AvgIpc) is 2.41. The van der Waals surface area contributed by atoms with Crippen LogP contribution in [-0.4, -0.2) is 62.2 Å². The van der Waals surface area contributed by atoms with E-state index in [1.54, 1.807) is 0 Å². The molecule has 0 spiro atoms. The van der Waals surface area contributed by atoms with Crippen molar-refractivity contribution in [3.8, 4) is 0 Å². The molecular weight excluding hydrogens is 234 g/mol. The van der Waals surface area contributed by atoms with Crippen LogP contribution in [0.25, 0.3) is 0 Å². The van der Waals surface area contributed by atoms with Crippen LogP contribution in [0.2, 0.25) is 0 Å². The fourth-order valence-electron chi connectivity index (χ4n) is 2.70. The van der Waals surface area contributed by atoms with Gasteiger partial charge in [-0.1, -0.05) is 39.0 Å². The van der Waals surface area contributed by atoms with Crippen molar-refractivity contribution in [1.82, 2.24) is 15.1 Å². The Morgan fingerprint density at radius 3 is 2.37 bits per heavy atom. The topological polar surface area (TPSA) is 18.5 Å². The zero-order chi connectivity index (χ0) is 13.9. The standard InChI is InChI=1S/C16H35N3/c1-4-5-6-7-8-9-16(2)17-10-11-19-14-12-18(3)13-15-19/h16-17H,4-15H2,1-3H3. The Labute approximate surface area is 120 Å². The Bertz CT molecular complexity index is 200. The van der Waals surface area contributed by atoms with Gasteiger partial charge in [-0.05, 0) is 20.4 Å². The highest BCUT2D eigenvalue weighted by Crippen LogP contribution is 2.07. The molecule has 3 nitrogen and oxygen atoms in total. The van der Waals surface area contributed by atoms with Gasteiger partial charge in [0, 0.05) is 45.3 Å². The first kappa shape index (κ1) is 16.9. The molecular formula is C16H35N3. The molecule has 0 bridgehead atoms. The molecule has 19 heavy (non-hydrogen) atoms. The molecule has 0 amide bonds. The molecule has 1 saturated heterocycles. The lowest BCUT2D eigenvalue weighted by atomic mass is 10.1. The van der Waals surface area contributed by atoms with Gasteiger partial charge in [0.05, 0.1) is 0 Å². The zero-order valence-electron chi connectivity index (χ0n) is 13.5. The molecule has 0 radical (unpaired) electrons. The number of rotatable bonds is 10. The summed E-state index contributed by atoms with van der Waals surface area (Å²) in [7, 11) is 2.22. The summed E-state index contributed by atoms with van der Waals surface area (Å²) in [5, 5.41) is 3.68. The van der Waals surface area contributed by atoms with E-state index in [9.17, 15) is 0 Å².